The van der Waals surface area contributed by atoms with E-state index < -0.39 is 0 Å². The molecule has 0 aliphatic carbocycles. The Kier molecular flexibility index (Phi) is 1.95. The molecule has 52 valence electrons. The van der Waals surface area contributed by atoms with Gasteiger partial charge in [-0.05, 0) is 23.8 Å². The first-order chi connectivity index (χ1) is 4.83. The van der Waals surface area contributed by atoms with Crippen LogP contribution in [0.2, 0.25) is 0 Å². The van der Waals surface area contributed by atoms with Gasteiger partial charge in [0, 0.05) is 0 Å². The molecule has 10 heavy (non-hydrogen) atoms. The van der Waals surface area contributed by atoms with Crippen LogP contribution in [-0.2, 0) is 0 Å². The highest BCUT2D eigenvalue weighted by Gasteiger charge is 1.85. The van der Waals surface area contributed by atoms with Crippen LogP contribution in [0.5, 0.6) is 5.75 Å². The molecule has 0 unspecified atom stereocenters. The lowest BCUT2D eigenvalue weighted by Gasteiger charge is -1.91. The largest absolute Gasteiger partial charge is 0.516 e. The zero-order valence-electron chi connectivity index (χ0n) is 5.36. The second-order valence-corrected chi connectivity index (χ2v) is 1.91. The van der Waals surface area contributed by atoms with Gasteiger partial charge in [0.25, 0.3) is 0 Å². The number of aromatic hydroxyl groups is 1. The van der Waals surface area contributed by atoms with E-state index in [2.05, 4.69) is 0 Å². The molecule has 0 aromatic heterocycles. The molecule has 0 aliphatic heterocycles. The third kappa shape index (κ3) is 1.52. The molecule has 2 N–H and O–H groups in total. The quantitative estimate of drug-likeness (QED) is 0.579. The highest BCUT2D eigenvalue weighted by molar-refractivity contribution is 5.49. The van der Waals surface area contributed by atoms with Crippen molar-refractivity contribution in [1.82, 2.24) is 0 Å². The number of phenols is 1. The van der Waals surface area contributed by atoms with Crippen LogP contribution in [0, 0.1) is 0 Å². The van der Waals surface area contributed by atoms with E-state index in [0.717, 1.165) is 11.8 Å². The second kappa shape index (κ2) is 2.92. The summed E-state index contributed by atoms with van der Waals surface area (Å²) in [5, 5.41) is 17.2. The predicted molar refractivity (Wildman–Crippen MR) is 39.8 cm³/mol. The summed E-state index contributed by atoms with van der Waals surface area (Å²) in [4.78, 5) is 0. The molecular formula is C8H8O2. The first-order valence-electron chi connectivity index (χ1n) is 2.93. The summed E-state index contributed by atoms with van der Waals surface area (Å²) in [5.41, 5.74) is 0.861. The molecule has 0 spiro atoms. The Morgan fingerprint density at radius 1 is 1.10 bits per heavy atom. The van der Waals surface area contributed by atoms with Crippen molar-refractivity contribution < 1.29 is 10.2 Å². The summed E-state index contributed by atoms with van der Waals surface area (Å²) < 4.78 is 0. The molecule has 0 bridgehead atoms. The van der Waals surface area contributed by atoms with Gasteiger partial charge in [-0.2, -0.15) is 0 Å². The van der Waals surface area contributed by atoms with Gasteiger partial charge in [0.05, 0.1) is 6.26 Å². The normalized spacial score (nSPS) is 10.4. The van der Waals surface area contributed by atoms with Gasteiger partial charge >= 0.3 is 0 Å². The topological polar surface area (TPSA) is 40.5 Å². The maximum Gasteiger partial charge on any atom is 0.115 e. The SMILES string of the molecule is O/C=C/c1ccc(O)cc1. The number of hydrogen-bond acceptors (Lipinski definition) is 2. The van der Waals surface area contributed by atoms with E-state index in [0.29, 0.717) is 0 Å². The third-order valence-corrected chi connectivity index (χ3v) is 1.16. The molecule has 0 amide bonds. The fourth-order valence-electron chi connectivity index (χ4n) is 0.671. The summed E-state index contributed by atoms with van der Waals surface area (Å²) >= 11 is 0. The Bertz CT molecular complexity index is 224. The summed E-state index contributed by atoms with van der Waals surface area (Å²) in [7, 11) is 0. The Hall–Kier alpha value is -1.44. The average molecular weight is 136 g/mol. The van der Waals surface area contributed by atoms with Gasteiger partial charge in [0.15, 0.2) is 0 Å². The molecule has 1 rings (SSSR count). The van der Waals surface area contributed by atoms with Crippen LogP contribution in [0.25, 0.3) is 6.08 Å². The first kappa shape index (κ1) is 6.68. The monoisotopic (exact) mass is 136 g/mol. The van der Waals surface area contributed by atoms with Crippen LogP contribution in [0.15, 0.2) is 30.5 Å². The van der Waals surface area contributed by atoms with Crippen LogP contribution in [0.3, 0.4) is 0 Å². The van der Waals surface area contributed by atoms with Crippen LogP contribution in [-0.4, -0.2) is 10.2 Å². The molecule has 2 nitrogen and oxygen atoms in total. The molecule has 0 saturated heterocycles. The zero-order chi connectivity index (χ0) is 7.40. The van der Waals surface area contributed by atoms with E-state index in [4.69, 9.17) is 10.2 Å². The van der Waals surface area contributed by atoms with Gasteiger partial charge in [-0.15, -0.1) is 0 Å². The molecule has 0 atom stereocenters. The summed E-state index contributed by atoms with van der Waals surface area (Å²) in [5.74, 6) is 0.232. The minimum Gasteiger partial charge on any atom is -0.516 e. The number of phenolic OH excluding ortho intramolecular Hbond substituents is 1. The van der Waals surface area contributed by atoms with Crippen molar-refractivity contribution >= 4 is 6.08 Å². The molecule has 0 radical (unpaired) electrons. The number of rotatable bonds is 1. The van der Waals surface area contributed by atoms with Crippen molar-refractivity contribution in [2.24, 2.45) is 0 Å². The van der Waals surface area contributed by atoms with E-state index in [1.165, 1.54) is 0 Å². The third-order valence-electron chi connectivity index (χ3n) is 1.16. The number of aliphatic hydroxyl groups excluding tert-OH is 1. The summed E-state index contributed by atoms with van der Waals surface area (Å²) in [6, 6.07) is 6.55. The number of hydrogen-bond donors (Lipinski definition) is 2. The van der Waals surface area contributed by atoms with Gasteiger partial charge in [0.2, 0.25) is 0 Å². The lowest BCUT2D eigenvalue weighted by molar-refractivity contribution is 0.474. The van der Waals surface area contributed by atoms with E-state index in [1.807, 2.05) is 0 Å². The number of benzene rings is 1. The van der Waals surface area contributed by atoms with Crippen molar-refractivity contribution in [2.45, 2.75) is 0 Å². The van der Waals surface area contributed by atoms with E-state index >= 15 is 0 Å². The van der Waals surface area contributed by atoms with Crippen molar-refractivity contribution in [1.29, 1.82) is 0 Å². The Balaban J connectivity index is 2.89. The van der Waals surface area contributed by atoms with Crippen molar-refractivity contribution in [3.63, 3.8) is 0 Å². The predicted octanol–water partition coefficient (Wildman–Crippen LogP) is 1.92. The fraction of sp³-hybridized carbons (Fsp3) is 0. The maximum absolute atomic E-state index is 8.84. The number of aliphatic hydroxyl groups is 1. The van der Waals surface area contributed by atoms with Crippen LogP contribution < -0.4 is 0 Å². The first-order valence-corrected chi connectivity index (χ1v) is 2.93. The molecule has 1 aromatic carbocycles. The minimum absolute atomic E-state index is 0.232. The highest BCUT2D eigenvalue weighted by Crippen LogP contribution is 2.09. The van der Waals surface area contributed by atoms with Gasteiger partial charge in [0.1, 0.15) is 5.75 Å². The van der Waals surface area contributed by atoms with E-state index in [9.17, 15) is 0 Å². The van der Waals surface area contributed by atoms with Crippen LogP contribution >= 0.6 is 0 Å². The lowest BCUT2D eigenvalue weighted by Crippen LogP contribution is -1.68. The fourth-order valence-corrected chi connectivity index (χ4v) is 0.671. The Morgan fingerprint density at radius 2 is 1.70 bits per heavy atom. The maximum atomic E-state index is 8.84. The highest BCUT2D eigenvalue weighted by atomic mass is 16.3. The molecule has 1 aromatic rings. The smallest absolute Gasteiger partial charge is 0.115 e. The van der Waals surface area contributed by atoms with Gasteiger partial charge in [-0.1, -0.05) is 12.1 Å². The molecule has 0 heterocycles. The molecule has 2 heteroatoms. The van der Waals surface area contributed by atoms with Crippen LogP contribution in [0.1, 0.15) is 5.56 Å². The second-order valence-electron chi connectivity index (χ2n) is 1.91. The molecule has 0 saturated carbocycles. The zero-order valence-corrected chi connectivity index (χ0v) is 5.36. The van der Waals surface area contributed by atoms with E-state index in [1.54, 1.807) is 30.3 Å². The van der Waals surface area contributed by atoms with Gasteiger partial charge in [-0.25, -0.2) is 0 Å². The molecule has 0 fully saturated rings. The van der Waals surface area contributed by atoms with Gasteiger partial charge in [-0.3, -0.25) is 0 Å². The molecule has 0 aliphatic rings. The van der Waals surface area contributed by atoms with Crippen molar-refractivity contribution in [2.75, 3.05) is 0 Å². The summed E-state index contributed by atoms with van der Waals surface area (Å²) in [6.45, 7) is 0. The minimum atomic E-state index is 0.232. The van der Waals surface area contributed by atoms with Gasteiger partial charge < -0.3 is 10.2 Å². The average Bonchev–Trinajstić information content (AvgIpc) is 1.95. The Labute approximate surface area is 59.1 Å². The standard InChI is InChI=1S/C8H8O2/c9-6-5-7-1-3-8(10)4-2-7/h1-6,9-10H/b6-5+. The van der Waals surface area contributed by atoms with Crippen LogP contribution in [0.4, 0.5) is 0 Å². The molecular weight excluding hydrogens is 128 g/mol. The lowest BCUT2D eigenvalue weighted by atomic mass is 10.2. The van der Waals surface area contributed by atoms with Crippen molar-refractivity contribution in [3.8, 4) is 5.75 Å². The van der Waals surface area contributed by atoms with E-state index in [-0.39, 0.29) is 5.75 Å². The summed E-state index contributed by atoms with van der Waals surface area (Å²) in [6.07, 6.45) is 2.51. The van der Waals surface area contributed by atoms with Crippen molar-refractivity contribution in [3.05, 3.63) is 36.1 Å². The Morgan fingerprint density at radius 3 is 2.20 bits per heavy atom.